The van der Waals surface area contributed by atoms with E-state index in [-0.39, 0.29) is 5.69 Å². The van der Waals surface area contributed by atoms with Crippen molar-refractivity contribution >= 4 is 11.7 Å². The molecule has 0 unspecified atom stereocenters. The van der Waals surface area contributed by atoms with Crippen molar-refractivity contribution in [1.82, 2.24) is 20.2 Å². The van der Waals surface area contributed by atoms with Crippen molar-refractivity contribution in [3.05, 3.63) is 35.5 Å². The molecule has 98 valence electrons. The van der Waals surface area contributed by atoms with Gasteiger partial charge in [-0.15, -0.1) is 0 Å². The predicted molar refractivity (Wildman–Crippen MR) is 68.4 cm³/mol. The molecule has 1 aliphatic rings. The smallest absolute Gasteiger partial charge is 0.267 e. The Bertz CT molecular complexity index is 604. The summed E-state index contributed by atoms with van der Waals surface area (Å²) in [7, 11) is 0. The van der Waals surface area contributed by atoms with E-state index in [0.29, 0.717) is 18.3 Å². The zero-order valence-corrected chi connectivity index (χ0v) is 10.3. The average molecular weight is 258 g/mol. The lowest BCUT2D eigenvalue weighted by atomic mass is 10.1. The zero-order valence-electron chi connectivity index (χ0n) is 10.3. The summed E-state index contributed by atoms with van der Waals surface area (Å²) in [6, 6.07) is 1.54. The molecule has 0 bridgehead atoms. The number of hydrogen-bond acceptors (Lipinski definition) is 5. The molecule has 3 rings (SSSR count). The molecule has 4 N–H and O–H groups in total. The monoisotopic (exact) mass is 258 g/mol. The number of primary amides is 1. The van der Waals surface area contributed by atoms with E-state index in [0.717, 1.165) is 5.69 Å². The van der Waals surface area contributed by atoms with Gasteiger partial charge >= 0.3 is 0 Å². The van der Waals surface area contributed by atoms with Gasteiger partial charge in [0.2, 0.25) is 0 Å². The zero-order chi connectivity index (χ0) is 13.2. The highest BCUT2D eigenvalue weighted by Crippen LogP contribution is 2.41. The van der Waals surface area contributed by atoms with Gasteiger partial charge < -0.3 is 11.1 Å². The van der Waals surface area contributed by atoms with Gasteiger partial charge in [0.1, 0.15) is 17.8 Å². The summed E-state index contributed by atoms with van der Waals surface area (Å²) in [5.41, 5.74) is 7.69. The van der Waals surface area contributed by atoms with Crippen LogP contribution in [-0.2, 0) is 6.54 Å². The quantitative estimate of drug-likeness (QED) is 0.734. The minimum atomic E-state index is -0.564. The van der Waals surface area contributed by atoms with Crippen LogP contribution in [0.25, 0.3) is 0 Å². The molecule has 1 saturated carbocycles. The predicted octanol–water partition coefficient (Wildman–Crippen LogP) is 0.788. The Balaban J connectivity index is 1.70. The molecule has 0 radical (unpaired) electrons. The lowest BCUT2D eigenvalue weighted by molar-refractivity contribution is 0.0995. The van der Waals surface area contributed by atoms with E-state index in [1.54, 1.807) is 0 Å². The number of aromatic amines is 1. The Morgan fingerprint density at radius 2 is 2.32 bits per heavy atom. The molecule has 0 spiro atoms. The van der Waals surface area contributed by atoms with Gasteiger partial charge in [0, 0.05) is 6.07 Å². The Morgan fingerprint density at radius 1 is 1.47 bits per heavy atom. The third-order valence-corrected chi connectivity index (χ3v) is 3.13. The average Bonchev–Trinajstić information content (AvgIpc) is 3.16. The lowest BCUT2D eigenvalue weighted by Gasteiger charge is -2.06. The van der Waals surface area contributed by atoms with Crippen LogP contribution in [0, 0.1) is 0 Å². The summed E-state index contributed by atoms with van der Waals surface area (Å²) in [6.45, 7) is 0.584. The maximum Gasteiger partial charge on any atom is 0.267 e. The van der Waals surface area contributed by atoms with Gasteiger partial charge in [-0.25, -0.2) is 9.97 Å². The highest BCUT2D eigenvalue weighted by Gasteiger charge is 2.27. The number of carbonyl (C=O) groups is 1. The van der Waals surface area contributed by atoms with E-state index in [1.807, 2.05) is 6.20 Å². The SMILES string of the molecule is NC(=O)c1cc(NCc2[nH]ncc2C2CC2)ncn1. The van der Waals surface area contributed by atoms with Crippen molar-refractivity contribution in [2.45, 2.75) is 25.3 Å². The van der Waals surface area contributed by atoms with Gasteiger partial charge in [-0.3, -0.25) is 9.89 Å². The summed E-state index contributed by atoms with van der Waals surface area (Å²) >= 11 is 0. The van der Waals surface area contributed by atoms with Crippen molar-refractivity contribution in [3.63, 3.8) is 0 Å². The normalized spacial score (nSPS) is 14.3. The van der Waals surface area contributed by atoms with Crippen LogP contribution in [0.1, 0.15) is 40.5 Å². The highest BCUT2D eigenvalue weighted by atomic mass is 16.1. The van der Waals surface area contributed by atoms with Crippen molar-refractivity contribution in [1.29, 1.82) is 0 Å². The third kappa shape index (κ3) is 2.54. The fourth-order valence-electron chi connectivity index (χ4n) is 1.98. The van der Waals surface area contributed by atoms with Crippen LogP contribution < -0.4 is 11.1 Å². The molecule has 1 amide bonds. The van der Waals surface area contributed by atoms with Gasteiger partial charge in [0.05, 0.1) is 18.4 Å². The molecular weight excluding hydrogens is 244 g/mol. The molecule has 2 aromatic rings. The van der Waals surface area contributed by atoms with Gasteiger partial charge in [-0.2, -0.15) is 5.10 Å². The van der Waals surface area contributed by atoms with Crippen LogP contribution in [0.5, 0.6) is 0 Å². The first-order valence-corrected chi connectivity index (χ1v) is 6.12. The van der Waals surface area contributed by atoms with E-state index in [2.05, 4.69) is 25.5 Å². The molecule has 2 heterocycles. The highest BCUT2D eigenvalue weighted by molar-refractivity contribution is 5.91. The second-order valence-electron chi connectivity index (χ2n) is 4.58. The lowest BCUT2D eigenvalue weighted by Crippen LogP contribution is -2.14. The fraction of sp³-hybridized carbons (Fsp3) is 0.333. The molecule has 1 fully saturated rings. The van der Waals surface area contributed by atoms with Crippen LogP contribution in [0.2, 0.25) is 0 Å². The number of nitrogens with one attached hydrogen (secondary N) is 2. The second kappa shape index (κ2) is 4.68. The number of nitrogens with zero attached hydrogens (tertiary/aromatic N) is 3. The Hall–Kier alpha value is -2.44. The number of carbonyl (C=O) groups excluding carboxylic acids is 1. The van der Waals surface area contributed by atoms with Crippen LogP contribution in [-0.4, -0.2) is 26.1 Å². The first kappa shape index (κ1) is 11.6. The number of nitrogens with two attached hydrogens (primary N) is 1. The van der Waals surface area contributed by atoms with E-state index in [1.165, 1.54) is 30.8 Å². The molecular formula is C12H14N6O. The van der Waals surface area contributed by atoms with Gasteiger partial charge in [0.25, 0.3) is 5.91 Å². The summed E-state index contributed by atoms with van der Waals surface area (Å²) in [6.07, 6.45) is 5.65. The standard InChI is InChI=1S/C12H14N6O/c13-12(19)9-3-11(16-6-15-9)14-5-10-8(4-17-18-10)7-1-2-7/h3-4,6-7H,1-2,5H2,(H2,13,19)(H,17,18)(H,14,15,16). The summed E-state index contributed by atoms with van der Waals surface area (Å²) < 4.78 is 0. The number of anilines is 1. The maximum absolute atomic E-state index is 11.0. The summed E-state index contributed by atoms with van der Waals surface area (Å²) in [5, 5.41) is 10.2. The van der Waals surface area contributed by atoms with Crippen molar-refractivity contribution in [3.8, 4) is 0 Å². The van der Waals surface area contributed by atoms with E-state index in [9.17, 15) is 4.79 Å². The van der Waals surface area contributed by atoms with Gasteiger partial charge in [-0.05, 0) is 24.3 Å². The van der Waals surface area contributed by atoms with E-state index >= 15 is 0 Å². The number of rotatable bonds is 5. The Morgan fingerprint density at radius 3 is 3.05 bits per heavy atom. The second-order valence-corrected chi connectivity index (χ2v) is 4.58. The third-order valence-electron chi connectivity index (χ3n) is 3.13. The van der Waals surface area contributed by atoms with Crippen LogP contribution in [0.15, 0.2) is 18.6 Å². The molecule has 2 aromatic heterocycles. The van der Waals surface area contributed by atoms with Crippen LogP contribution in [0.4, 0.5) is 5.82 Å². The molecule has 19 heavy (non-hydrogen) atoms. The summed E-state index contributed by atoms with van der Waals surface area (Å²) in [4.78, 5) is 18.9. The van der Waals surface area contributed by atoms with Crippen LogP contribution >= 0.6 is 0 Å². The summed E-state index contributed by atoms with van der Waals surface area (Å²) in [5.74, 6) is 0.646. The minimum absolute atomic E-state index is 0.199. The molecule has 0 aromatic carbocycles. The molecule has 7 heteroatoms. The van der Waals surface area contributed by atoms with Crippen LogP contribution in [0.3, 0.4) is 0 Å². The number of amides is 1. The molecule has 0 atom stereocenters. The molecule has 0 saturated heterocycles. The molecule has 7 nitrogen and oxygen atoms in total. The number of aromatic nitrogens is 4. The van der Waals surface area contributed by atoms with Crippen molar-refractivity contribution < 1.29 is 4.79 Å². The fourth-order valence-corrected chi connectivity index (χ4v) is 1.98. The first-order chi connectivity index (χ1) is 9.24. The van der Waals surface area contributed by atoms with E-state index < -0.39 is 5.91 Å². The first-order valence-electron chi connectivity index (χ1n) is 6.12. The Labute approximate surface area is 109 Å². The Kier molecular flexibility index (Phi) is 2.86. The van der Waals surface area contributed by atoms with Gasteiger partial charge in [-0.1, -0.05) is 0 Å². The number of H-pyrrole nitrogens is 1. The van der Waals surface area contributed by atoms with Gasteiger partial charge in [0.15, 0.2) is 0 Å². The largest absolute Gasteiger partial charge is 0.364 e. The minimum Gasteiger partial charge on any atom is -0.364 e. The van der Waals surface area contributed by atoms with Crippen molar-refractivity contribution in [2.75, 3.05) is 5.32 Å². The molecule has 0 aliphatic heterocycles. The van der Waals surface area contributed by atoms with Crippen molar-refractivity contribution in [2.24, 2.45) is 5.73 Å². The molecule has 1 aliphatic carbocycles. The topological polar surface area (TPSA) is 110 Å². The van der Waals surface area contributed by atoms with E-state index in [4.69, 9.17) is 5.73 Å². The maximum atomic E-state index is 11.0. The number of hydrogen-bond donors (Lipinski definition) is 3.